The van der Waals surface area contributed by atoms with E-state index in [-0.39, 0.29) is 29.0 Å². The van der Waals surface area contributed by atoms with E-state index in [1.54, 1.807) is 5.57 Å². The summed E-state index contributed by atoms with van der Waals surface area (Å²) in [7, 11) is -3.32. The predicted molar refractivity (Wildman–Crippen MR) is 138 cm³/mol. The third-order valence-electron chi connectivity index (χ3n) is 9.59. The van der Waals surface area contributed by atoms with Crippen molar-refractivity contribution >= 4 is 22.4 Å². The van der Waals surface area contributed by atoms with E-state index in [4.69, 9.17) is 8.85 Å². The van der Waals surface area contributed by atoms with Crippen LogP contribution >= 0.6 is 0 Å². The average Bonchev–Trinajstić information content (AvgIpc) is 2.97. The number of fused-ring (bicyclic) bond motifs is 5. The zero-order valence-electron chi connectivity index (χ0n) is 22.2. The van der Waals surface area contributed by atoms with Crippen molar-refractivity contribution in [2.75, 3.05) is 0 Å². The number of rotatable bonds is 5. The van der Waals surface area contributed by atoms with Gasteiger partial charge in [-0.15, -0.1) is 0 Å². The highest BCUT2D eigenvalue weighted by molar-refractivity contribution is 6.70. The maximum atomic E-state index is 12.4. The van der Waals surface area contributed by atoms with Gasteiger partial charge in [0.25, 0.3) is 0 Å². The fourth-order valence-corrected chi connectivity index (χ4v) is 10.8. The van der Waals surface area contributed by atoms with Gasteiger partial charge >= 0.3 is 0 Å². The molecule has 3 fully saturated rings. The standard InChI is InChI=1S/C27H48O3Si2/c1-18(28)21-12-13-22-20-11-10-19-16-24(29-31(4,5)6)25(30-32(7,8)9)17-27(19,3)23(20)14-15-26(21,22)2/h10,20-25H,11-17H2,1-9H3/t20?,21-,22?,23?,24?,25?,26-,27+/m1/s1. The summed E-state index contributed by atoms with van der Waals surface area (Å²) in [5.74, 6) is 2.88. The van der Waals surface area contributed by atoms with Crippen LogP contribution in [-0.2, 0) is 13.6 Å². The Kier molecular flexibility index (Phi) is 6.35. The molecule has 8 atom stereocenters. The number of allylic oxidation sites excluding steroid dienone is 1. The van der Waals surface area contributed by atoms with Crippen molar-refractivity contribution in [3.63, 3.8) is 0 Å². The third-order valence-corrected chi connectivity index (χ3v) is 11.6. The number of hydrogen-bond acceptors (Lipinski definition) is 3. The molecule has 0 heterocycles. The second-order valence-electron chi connectivity index (χ2n) is 14.0. The van der Waals surface area contributed by atoms with Gasteiger partial charge in [0.05, 0.1) is 12.2 Å². The predicted octanol–water partition coefficient (Wildman–Crippen LogP) is 7.20. The van der Waals surface area contributed by atoms with E-state index in [0.717, 1.165) is 31.1 Å². The van der Waals surface area contributed by atoms with Crippen LogP contribution in [0.4, 0.5) is 0 Å². The maximum Gasteiger partial charge on any atom is 0.184 e. The molecule has 0 bridgehead atoms. The van der Waals surface area contributed by atoms with E-state index < -0.39 is 16.6 Å². The Labute approximate surface area is 199 Å². The molecule has 3 nitrogen and oxygen atoms in total. The number of carbonyl (C=O) groups is 1. The van der Waals surface area contributed by atoms with Crippen molar-refractivity contribution in [3.05, 3.63) is 11.6 Å². The summed E-state index contributed by atoms with van der Waals surface area (Å²) in [6.07, 6.45) is 11.3. The van der Waals surface area contributed by atoms with Gasteiger partial charge in [0.15, 0.2) is 16.6 Å². The van der Waals surface area contributed by atoms with Crippen LogP contribution in [0, 0.1) is 34.5 Å². The van der Waals surface area contributed by atoms with Crippen molar-refractivity contribution in [2.24, 2.45) is 34.5 Å². The lowest BCUT2D eigenvalue weighted by Gasteiger charge is -2.59. The van der Waals surface area contributed by atoms with Crippen LogP contribution in [0.15, 0.2) is 11.6 Å². The van der Waals surface area contributed by atoms with Crippen LogP contribution < -0.4 is 0 Å². The summed E-state index contributed by atoms with van der Waals surface area (Å²) in [6, 6.07) is 0. The molecular weight excluding hydrogens is 428 g/mol. The fraction of sp³-hybridized carbons (Fsp3) is 0.889. The number of ketones is 1. The van der Waals surface area contributed by atoms with Gasteiger partial charge in [-0.3, -0.25) is 4.79 Å². The van der Waals surface area contributed by atoms with Gasteiger partial charge < -0.3 is 8.85 Å². The molecule has 0 aromatic rings. The van der Waals surface area contributed by atoms with Gasteiger partial charge in [0.2, 0.25) is 0 Å². The van der Waals surface area contributed by atoms with Gasteiger partial charge in [-0.05, 0) is 120 Å². The Bertz CT molecular complexity index is 779. The Morgan fingerprint density at radius 1 is 0.938 bits per heavy atom. The molecule has 0 saturated heterocycles. The highest BCUT2D eigenvalue weighted by atomic mass is 28.4. The molecular formula is C27H48O3Si2. The van der Waals surface area contributed by atoms with Crippen molar-refractivity contribution in [1.82, 2.24) is 0 Å². The minimum atomic E-state index is -1.67. The Morgan fingerprint density at radius 3 is 2.16 bits per heavy atom. The highest BCUT2D eigenvalue weighted by Gasteiger charge is 2.60. The van der Waals surface area contributed by atoms with Gasteiger partial charge in [-0.1, -0.05) is 25.5 Å². The fourth-order valence-electron chi connectivity index (χ4n) is 8.46. The lowest BCUT2D eigenvalue weighted by molar-refractivity contribution is -0.128. The van der Waals surface area contributed by atoms with Gasteiger partial charge in [0.1, 0.15) is 5.78 Å². The molecule has 0 radical (unpaired) electrons. The molecule has 4 aliphatic carbocycles. The van der Waals surface area contributed by atoms with Crippen molar-refractivity contribution in [3.8, 4) is 0 Å². The molecule has 0 aliphatic heterocycles. The molecule has 182 valence electrons. The van der Waals surface area contributed by atoms with Crippen molar-refractivity contribution in [1.29, 1.82) is 0 Å². The number of carbonyl (C=O) groups excluding carboxylic acids is 1. The molecule has 32 heavy (non-hydrogen) atoms. The van der Waals surface area contributed by atoms with E-state index in [1.807, 2.05) is 6.92 Å². The molecule has 5 heteroatoms. The maximum absolute atomic E-state index is 12.4. The molecule has 0 N–H and O–H groups in total. The minimum Gasteiger partial charge on any atom is -0.412 e. The zero-order chi connectivity index (χ0) is 23.7. The van der Waals surface area contributed by atoms with Crippen LogP contribution in [0.25, 0.3) is 0 Å². The molecule has 3 saturated carbocycles. The lowest BCUT2D eigenvalue weighted by atomic mass is 9.47. The van der Waals surface area contributed by atoms with Crippen LogP contribution in [0.5, 0.6) is 0 Å². The van der Waals surface area contributed by atoms with Crippen LogP contribution in [0.3, 0.4) is 0 Å². The zero-order valence-corrected chi connectivity index (χ0v) is 24.2. The molecule has 4 aliphatic rings. The van der Waals surface area contributed by atoms with Crippen molar-refractivity contribution < 1.29 is 13.6 Å². The van der Waals surface area contributed by atoms with E-state index >= 15 is 0 Å². The Hall–Kier alpha value is -0.236. The van der Waals surface area contributed by atoms with Crippen molar-refractivity contribution in [2.45, 2.75) is 117 Å². The van der Waals surface area contributed by atoms with Crippen LogP contribution in [0.2, 0.25) is 39.3 Å². The molecule has 4 rings (SSSR count). The average molecular weight is 477 g/mol. The second-order valence-corrected chi connectivity index (χ2v) is 22.9. The first-order valence-corrected chi connectivity index (χ1v) is 20.0. The lowest BCUT2D eigenvalue weighted by Crippen LogP contribution is -2.56. The summed E-state index contributed by atoms with van der Waals surface area (Å²) < 4.78 is 13.6. The van der Waals surface area contributed by atoms with Gasteiger partial charge in [0, 0.05) is 5.92 Å². The van der Waals surface area contributed by atoms with E-state index in [1.165, 1.54) is 25.7 Å². The molecule has 0 spiro atoms. The van der Waals surface area contributed by atoms with E-state index in [2.05, 4.69) is 59.2 Å². The highest BCUT2D eigenvalue weighted by Crippen LogP contribution is 2.66. The van der Waals surface area contributed by atoms with Crippen LogP contribution in [-0.4, -0.2) is 34.6 Å². The second kappa shape index (κ2) is 8.17. The Balaban J connectivity index is 1.64. The van der Waals surface area contributed by atoms with Gasteiger partial charge in [-0.25, -0.2) is 0 Å². The number of Topliss-reactive ketones (excluding diaryl/α,β-unsaturated/α-hetero) is 1. The molecule has 5 unspecified atom stereocenters. The van der Waals surface area contributed by atoms with Crippen LogP contribution in [0.1, 0.15) is 65.7 Å². The molecule has 0 amide bonds. The summed E-state index contributed by atoms with van der Waals surface area (Å²) in [4.78, 5) is 12.4. The molecule has 0 aromatic heterocycles. The Morgan fingerprint density at radius 2 is 1.56 bits per heavy atom. The third kappa shape index (κ3) is 4.41. The topological polar surface area (TPSA) is 35.5 Å². The van der Waals surface area contributed by atoms with E-state index in [0.29, 0.717) is 11.7 Å². The first-order valence-electron chi connectivity index (χ1n) is 13.2. The summed E-state index contributed by atoms with van der Waals surface area (Å²) >= 11 is 0. The molecule has 0 aromatic carbocycles. The normalized spacial score (nSPS) is 44.3. The monoisotopic (exact) mass is 476 g/mol. The number of hydrogen-bond donors (Lipinski definition) is 0. The SMILES string of the molecule is CC(=O)[C@H]1CCC2C3CC=C4CC(O[Si](C)(C)C)C(O[Si](C)(C)C)C[C@]4(C)C3CC[C@@]21C. The largest absolute Gasteiger partial charge is 0.412 e. The van der Waals surface area contributed by atoms with E-state index in [9.17, 15) is 4.79 Å². The first-order chi connectivity index (χ1) is 14.6. The quantitative estimate of drug-likeness (QED) is 0.311. The minimum absolute atomic E-state index is 0.215. The first kappa shape index (κ1) is 24.9. The summed E-state index contributed by atoms with van der Waals surface area (Å²) in [6.45, 7) is 20.7. The summed E-state index contributed by atoms with van der Waals surface area (Å²) in [5, 5.41) is 0. The summed E-state index contributed by atoms with van der Waals surface area (Å²) in [5.41, 5.74) is 2.10. The van der Waals surface area contributed by atoms with Gasteiger partial charge in [-0.2, -0.15) is 0 Å². The smallest absolute Gasteiger partial charge is 0.184 e.